The van der Waals surface area contributed by atoms with Crippen LogP contribution in [0.25, 0.3) is 0 Å². The fourth-order valence-corrected chi connectivity index (χ4v) is 3.57. The first-order valence-corrected chi connectivity index (χ1v) is 9.08. The number of benzene rings is 1. The van der Waals surface area contributed by atoms with Crippen LogP contribution >= 0.6 is 11.3 Å². The molecule has 0 amide bonds. The lowest BCUT2D eigenvalue weighted by atomic mass is 10.2. The van der Waals surface area contributed by atoms with E-state index >= 15 is 0 Å². The highest BCUT2D eigenvalue weighted by Gasteiger charge is 2.14. The molecule has 2 rings (SSSR count). The Balaban J connectivity index is 2.01. The van der Waals surface area contributed by atoms with E-state index in [0.29, 0.717) is 0 Å². The van der Waals surface area contributed by atoms with Gasteiger partial charge >= 0.3 is 0 Å². The van der Waals surface area contributed by atoms with Crippen LogP contribution in [0, 0.1) is 6.92 Å². The van der Waals surface area contributed by atoms with Crippen molar-refractivity contribution in [1.29, 1.82) is 0 Å². The van der Waals surface area contributed by atoms with E-state index in [9.17, 15) is 8.42 Å². The molecule has 1 heterocycles. The third-order valence-electron chi connectivity index (χ3n) is 2.89. The normalized spacial score (nSPS) is 11.7. The highest BCUT2D eigenvalue weighted by Crippen LogP contribution is 2.13. The fraction of sp³-hybridized carbons (Fsp3) is 0.357. The summed E-state index contributed by atoms with van der Waals surface area (Å²) in [5, 5.41) is 5.87. The Bertz CT molecular complexity index is 678. The topological polar surface area (TPSA) is 71.1 Å². The third kappa shape index (κ3) is 4.60. The van der Waals surface area contributed by atoms with Gasteiger partial charge in [-0.25, -0.2) is 18.1 Å². The molecule has 1 aromatic heterocycles. The molecule has 0 radical (unpaired) electrons. The van der Waals surface area contributed by atoms with Crippen molar-refractivity contribution >= 4 is 21.4 Å². The highest BCUT2D eigenvalue weighted by atomic mass is 32.2. The van der Waals surface area contributed by atoms with Gasteiger partial charge in [-0.1, -0.05) is 19.1 Å². The molecule has 2 aromatic rings. The second kappa shape index (κ2) is 7.13. The number of thiazole rings is 1. The molecule has 2 N–H and O–H groups in total. The summed E-state index contributed by atoms with van der Waals surface area (Å²) < 4.78 is 26.9. The molecular formula is C14H19N3O2S2. The smallest absolute Gasteiger partial charge is 0.240 e. The number of nitrogens with zero attached hydrogens (tertiary/aromatic N) is 1. The zero-order valence-electron chi connectivity index (χ0n) is 12.1. The van der Waals surface area contributed by atoms with Gasteiger partial charge in [0.05, 0.1) is 11.4 Å². The van der Waals surface area contributed by atoms with Gasteiger partial charge in [0.25, 0.3) is 0 Å². The van der Waals surface area contributed by atoms with Crippen molar-refractivity contribution in [2.24, 2.45) is 0 Å². The fourth-order valence-electron chi connectivity index (χ4n) is 1.78. The predicted octanol–water partition coefficient (Wildman–Crippen LogP) is 2.04. The first-order chi connectivity index (χ1) is 10.0. The zero-order valence-corrected chi connectivity index (χ0v) is 13.7. The molecule has 0 atom stereocenters. The Hall–Kier alpha value is -1.28. The molecule has 5 nitrogen and oxygen atoms in total. The maximum absolute atomic E-state index is 12.2. The quantitative estimate of drug-likeness (QED) is 0.817. The number of sulfonamides is 1. The van der Waals surface area contributed by atoms with Gasteiger partial charge < -0.3 is 5.32 Å². The molecule has 0 aliphatic heterocycles. The first kappa shape index (κ1) is 16.1. The zero-order chi connectivity index (χ0) is 15.3. The summed E-state index contributed by atoms with van der Waals surface area (Å²) in [5.74, 6) is 0. The van der Waals surface area contributed by atoms with Crippen LogP contribution in [-0.2, 0) is 23.1 Å². The SMILES string of the molecule is CCNCc1ccc(S(=O)(=O)NCc2nc(C)cs2)cc1. The highest BCUT2D eigenvalue weighted by molar-refractivity contribution is 7.89. The summed E-state index contributed by atoms with van der Waals surface area (Å²) >= 11 is 1.45. The van der Waals surface area contributed by atoms with E-state index in [4.69, 9.17) is 0 Å². The van der Waals surface area contributed by atoms with Crippen LogP contribution in [0.2, 0.25) is 0 Å². The Morgan fingerprint density at radius 3 is 2.48 bits per heavy atom. The van der Waals surface area contributed by atoms with Gasteiger partial charge in [-0.05, 0) is 31.2 Å². The van der Waals surface area contributed by atoms with Crippen LogP contribution in [0.5, 0.6) is 0 Å². The summed E-state index contributed by atoms with van der Waals surface area (Å²) in [5.41, 5.74) is 1.97. The number of aryl methyl sites for hydroxylation is 1. The van der Waals surface area contributed by atoms with Crippen LogP contribution in [0.3, 0.4) is 0 Å². The van der Waals surface area contributed by atoms with E-state index in [2.05, 4.69) is 15.0 Å². The van der Waals surface area contributed by atoms with Crippen molar-refractivity contribution in [3.05, 3.63) is 45.9 Å². The lowest BCUT2D eigenvalue weighted by molar-refractivity contribution is 0.581. The molecule has 114 valence electrons. The Morgan fingerprint density at radius 2 is 1.90 bits per heavy atom. The van der Waals surface area contributed by atoms with E-state index in [1.165, 1.54) is 11.3 Å². The van der Waals surface area contributed by atoms with Crippen LogP contribution in [0.4, 0.5) is 0 Å². The lowest BCUT2D eigenvalue weighted by Crippen LogP contribution is -2.23. The molecule has 0 saturated heterocycles. The number of aromatic nitrogens is 1. The minimum atomic E-state index is -3.49. The summed E-state index contributed by atoms with van der Waals surface area (Å²) in [6, 6.07) is 6.90. The Labute approximate surface area is 129 Å². The van der Waals surface area contributed by atoms with Crippen molar-refractivity contribution in [2.75, 3.05) is 6.54 Å². The minimum absolute atomic E-state index is 0.222. The summed E-state index contributed by atoms with van der Waals surface area (Å²) in [4.78, 5) is 4.51. The van der Waals surface area contributed by atoms with Crippen LogP contribution in [0.15, 0.2) is 34.5 Å². The van der Waals surface area contributed by atoms with Gasteiger partial charge in [-0.2, -0.15) is 0 Å². The predicted molar refractivity (Wildman–Crippen MR) is 84.7 cm³/mol. The van der Waals surface area contributed by atoms with Gasteiger partial charge in [0.1, 0.15) is 5.01 Å². The monoisotopic (exact) mass is 325 g/mol. The summed E-state index contributed by atoms with van der Waals surface area (Å²) in [7, 11) is -3.49. The molecule has 0 spiro atoms. The largest absolute Gasteiger partial charge is 0.313 e. The van der Waals surface area contributed by atoms with Gasteiger partial charge in [0, 0.05) is 17.6 Å². The van der Waals surface area contributed by atoms with Crippen LogP contribution in [-0.4, -0.2) is 19.9 Å². The average Bonchev–Trinajstić information content (AvgIpc) is 2.89. The summed E-state index contributed by atoms with van der Waals surface area (Å²) in [6.07, 6.45) is 0. The van der Waals surface area contributed by atoms with E-state index in [-0.39, 0.29) is 11.4 Å². The second-order valence-corrected chi connectivity index (χ2v) is 7.34. The van der Waals surface area contributed by atoms with Crippen molar-refractivity contribution in [3.8, 4) is 0 Å². The summed E-state index contributed by atoms with van der Waals surface area (Å²) in [6.45, 7) is 5.76. The minimum Gasteiger partial charge on any atom is -0.313 e. The molecule has 0 bridgehead atoms. The lowest BCUT2D eigenvalue weighted by Gasteiger charge is -2.07. The molecule has 0 saturated carbocycles. The molecule has 7 heteroatoms. The maximum Gasteiger partial charge on any atom is 0.240 e. The number of rotatable bonds is 7. The van der Waals surface area contributed by atoms with Crippen molar-refractivity contribution in [3.63, 3.8) is 0 Å². The Kier molecular flexibility index (Phi) is 5.46. The van der Waals surface area contributed by atoms with Crippen molar-refractivity contribution in [2.45, 2.75) is 31.8 Å². The second-order valence-electron chi connectivity index (χ2n) is 4.63. The van der Waals surface area contributed by atoms with Crippen molar-refractivity contribution in [1.82, 2.24) is 15.0 Å². The van der Waals surface area contributed by atoms with E-state index in [1.807, 2.05) is 31.4 Å². The van der Waals surface area contributed by atoms with E-state index in [1.54, 1.807) is 12.1 Å². The molecule has 0 aliphatic carbocycles. The van der Waals surface area contributed by atoms with Crippen LogP contribution in [0.1, 0.15) is 23.2 Å². The molecule has 0 unspecified atom stereocenters. The third-order valence-corrected chi connectivity index (χ3v) is 5.28. The standard InChI is InChI=1S/C14H19N3O2S2/c1-3-15-8-12-4-6-13(7-5-12)21(18,19)16-9-14-17-11(2)10-20-14/h4-7,10,15-16H,3,8-9H2,1-2H3. The van der Waals surface area contributed by atoms with Gasteiger partial charge in [0.2, 0.25) is 10.0 Å². The van der Waals surface area contributed by atoms with Gasteiger partial charge in [0.15, 0.2) is 0 Å². The molecule has 0 fully saturated rings. The maximum atomic E-state index is 12.2. The molecule has 1 aromatic carbocycles. The number of hydrogen-bond acceptors (Lipinski definition) is 5. The van der Waals surface area contributed by atoms with E-state index in [0.717, 1.165) is 29.4 Å². The van der Waals surface area contributed by atoms with E-state index < -0.39 is 10.0 Å². The number of hydrogen-bond donors (Lipinski definition) is 2. The Morgan fingerprint density at radius 1 is 1.19 bits per heavy atom. The molecular weight excluding hydrogens is 306 g/mol. The van der Waals surface area contributed by atoms with Gasteiger partial charge in [-0.15, -0.1) is 11.3 Å². The molecule has 0 aliphatic rings. The average molecular weight is 325 g/mol. The first-order valence-electron chi connectivity index (χ1n) is 6.71. The molecule has 21 heavy (non-hydrogen) atoms. The van der Waals surface area contributed by atoms with Crippen molar-refractivity contribution < 1.29 is 8.42 Å². The van der Waals surface area contributed by atoms with Gasteiger partial charge in [-0.3, -0.25) is 0 Å². The van der Waals surface area contributed by atoms with Crippen LogP contribution < -0.4 is 10.0 Å². The number of nitrogens with one attached hydrogen (secondary N) is 2.